The van der Waals surface area contributed by atoms with Gasteiger partial charge < -0.3 is 10.1 Å². The third kappa shape index (κ3) is 4.36. The van der Waals surface area contributed by atoms with Crippen LogP contribution in [0.1, 0.15) is 44.1 Å². The van der Waals surface area contributed by atoms with Crippen LogP contribution in [0.5, 0.6) is 0 Å². The Morgan fingerprint density at radius 1 is 1.35 bits per heavy atom. The molecule has 1 fully saturated rings. The van der Waals surface area contributed by atoms with Crippen LogP contribution < -0.4 is 5.32 Å². The maximum Gasteiger partial charge on any atom is 0.224 e. The van der Waals surface area contributed by atoms with E-state index >= 15 is 0 Å². The first-order chi connectivity index (χ1) is 9.79. The van der Waals surface area contributed by atoms with E-state index < -0.39 is 0 Å². The van der Waals surface area contributed by atoms with Crippen LogP contribution in [-0.4, -0.2) is 18.6 Å². The predicted octanol–water partition coefficient (Wildman–Crippen LogP) is 3.24. The van der Waals surface area contributed by atoms with E-state index in [9.17, 15) is 4.79 Å². The van der Waals surface area contributed by atoms with E-state index in [0.717, 1.165) is 19.3 Å². The second-order valence-electron chi connectivity index (χ2n) is 5.09. The third-order valence-electron chi connectivity index (χ3n) is 3.53. The quantitative estimate of drug-likeness (QED) is 0.809. The van der Waals surface area contributed by atoms with Crippen molar-refractivity contribution >= 4 is 11.6 Å². The van der Waals surface area contributed by atoms with Crippen molar-refractivity contribution in [2.45, 2.75) is 44.6 Å². The van der Waals surface area contributed by atoms with E-state index in [4.69, 9.17) is 10.00 Å². The lowest BCUT2D eigenvalue weighted by Gasteiger charge is -2.11. The summed E-state index contributed by atoms with van der Waals surface area (Å²) >= 11 is 0. The van der Waals surface area contributed by atoms with Gasteiger partial charge in [0.25, 0.3) is 0 Å². The molecule has 0 aliphatic heterocycles. The van der Waals surface area contributed by atoms with Gasteiger partial charge in [-0.25, -0.2) is 0 Å². The Kier molecular flexibility index (Phi) is 5.57. The number of hydrogen-bond acceptors (Lipinski definition) is 3. The molecule has 1 N–H and O–H groups in total. The lowest BCUT2D eigenvalue weighted by atomic mass is 10.2. The zero-order valence-electron chi connectivity index (χ0n) is 11.6. The van der Waals surface area contributed by atoms with Gasteiger partial charge in [0.15, 0.2) is 0 Å². The molecule has 1 aromatic rings. The van der Waals surface area contributed by atoms with Gasteiger partial charge in [0.2, 0.25) is 5.91 Å². The molecule has 1 amide bonds. The molecule has 1 aliphatic rings. The minimum Gasteiger partial charge on any atom is -0.378 e. The van der Waals surface area contributed by atoms with Crippen molar-refractivity contribution in [2.24, 2.45) is 0 Å². The maximum absolute atomic E-state index is 11.8. The van der Waals surface area contributed by atoms with Gasteiger partial charge in [-0.05, 0) is 31.4 Å². The van der Waals surface area contributed by atoms with Crippen LogP contribution in [0.4, 0.5) is 5.69 Å². The summed E-state index contributed by atoms with van der Waals surface area (Å²) in [6.45, 7) is 0.637. The smallest absolute Gasteiger partial charge is 0.224 e. The molecule has 0 radical (unpaired) electrons. The minimum absolute atomic E-state index is 0.0669. The van der Waals surface area contributed by atoms with Gasteiger partial charge >= 0.3 is 0 Å². The molecule has 4 heteroatoms. The monoisotopic (exact) mass is 272 g/mol. The molecule has 0 bridgehead atoms. The standard InChI is InChI=1S/C16H20N2O2/c17-12-13-6-1-4-9-15(13)18-16(19)10-5-11-20-14-7-2-3-8-14/h1,4,6,9,14H,2-3,5,7-8,10-11H2,(H,18,19). The van der Waals surface area contributed by atoms with E-state index in [1.165, 1.54) is 12.8 Å². The number of para-hydroxylation sites is 1. The minimum atomic E-state index is -0.0669. The molecule has 20 heavy (non-hydrogen) atoms. The number of nitrogens with zero attached hydrogens (tertiary/aromatic N) is 1. The molecule has 0 atom stereocenters. The number of carbonyl (C=O) groups is 1. The summed E-state index contributed by atoms with van der Waals surface area (Å²) in [6.07, 6.45) is 6.37. The molecule has 0 heterocycles. The Hall–Kier alpha value is -1.86. The molecular formula is C16H20N2O2. The summed E-state index contributed by atoms with van der Waals surface area (Å²) in [6, 6.07) is 9.09. The highest BCUT2D eigenvalue weighted by Gasteiger charge is 2.15. The normalized spacial score (nSPS) is 14.9. The summed E-state index contributed by atoms with van der Waals surface area (Å²) in [5.74, 6) is -0.0669. The fraction of sp³-hybridized carbons (Fsp3) is 0.500. The topological polar surface area (TPSA) is 62.1 Å². The van der Waals surface area contributed by atoms with Gasteiger partial charge in [-0.3, -0.25) is 4.79 Å². The molecule has 1 aliphatic carbocycles. The van der Waals surface area contributed by atoms with Crippen molar-refractivity contribution < 1.29 is 9.53 Å². The molecule has 1 saturated carbocycles. The van der Waals surface area contributed by atoms with Crippen molar-refractivity contribution in [3.63, 3.8) is 0 Å². The largest absolute Gasteiger partial charge is 0.378 e. The fourth-order valence-electron chi connectivity index (χ4n) is 2.44. The third-order valence-corrected chi connectivity index (χ3v) is 3.53. The molecule has 1 aromatic carbocycles. The highest BCUT2D eigenvalue weighted by molar-refractivity contribution is 5.92. The number of anilines is 1. The van der Waals surface area contributed by atoms with E-state index in [1.54, 1.807) is 24.3 Å². The summed E-state index contributed by atoms with van der Waals surface area (Å²) in [5, 5.41) is 11.7. The number of hydrogen-bond donors (Lipinski definition) is 1. The van der Waals surface area contributed by atoms with E-state index in [1.807, 2.05) is 0 Å². The number of nitriles is 1. The Morgan fingerprint density at radius 3 is 2.85 bits per heavy atom. The summed E-state index contributed by atoms with van der Waals surface area (Å²) in [5.41, 5.74) is 1.07. The second kappa shape index (κ2) is 7.66. The first-order valence-corrected chi connectivity index (χ1v) is 7.20. The molecule has 106 valence electrons. The lowest BCUT2D eigenvalue weighted by molar-refractivity contribution is -0.116. The first kappa shape index (κ1) is 14.5. The SMILES string of the molecule is N#Cc1ccccc1NC(=O)CCCOC1CCCC1. The molecule has 4 nitrogen and oxygen atoms in total. The van der Waals surface area contributed by atoms with Crippen LogP contribution in [0.3, 0.4) is 0 Å². The van der Waals surface area contributed by atoms with E-state index in [2.05, 4.69) is 11.4 Å². The number of nitrogens with one attached hydrogen (secondary N) is 1. The maximum atomic E-state index is 11.8. The Labute approximate surface area is 119 Å². The van der Waals surface area contributed by atoms with Gasteiger partial charge in [0.05, 0.1) is 17.4 Å². The zero-order chi connectivity index (χ0) is 14.2. The van der Waals surface area contributed by atoms with Gasteiger partial charge in [0.1, 0.15) is 6.07 Å². The number of amides is 1. The highest BCUT2D eigenvalue weighted by Crippen LogP contribution is 2.21. The molecule has 0 unspecified atom stereocenters. The van der Waals surface area contributed by atoms with Crippen LogP contribution >= 0.6 is 0 Å². The Bertz CT molecular complexity index is 487. The number of carbonyl (C=O) groups excluding carboxylic acids is 1. The molecule has 2 rings (SSSR count). The van der Waals surface area contributed by atoms with Gasteiger partial charge in [-0.1, -0.05) is 25.0 Å². The van der Waals surface area contributed by atoms with E-state index in [-0.39, 0.29) is 5.91 Å². The van der Waals surface area contributed by atoms with Crippen LogP contribution in [-0.2, 0) is 9.53 Å². The van der Waals surface area contributed by atoms with Gasteiger partial charge in [0, 0.05) is 13.0 Å². The Morgan fingerprint density at radius 2 is 2.10 bits per heavy atom. The molecular weight excluding hydrogens is 252 g/mol. The van der Waals surface area contributed by atoms with Gasteiger partial charge in [-0.15, -0.1) is 0 Å². The predicted molar refractivity (Wildman–Crippen MR) is 77.2 cm³/mol. The fourth-order valence-corrected chi connectivity index (χ4v) is 2.44. The van der Waals surface area contributed by atoms with Crippen LogP contribution in [0.25, 0.3) is 0 Å². The van der Waals surface area contributed by atoms with Gasteiger partial charge in [-0.2, -0.15) is 5.26 Å². The number of rotatable bonds is 6. The van der Waals surface area contributed by atoms with E-state index in [0.29, 0.717) is 30.4 Å². The van der Waals surface area contributed by atoms with Crippen LogP contribution in [0, 0.1) is 11.3 Å². The van der Waals surface area contributed by atoms with Crippen molar-refractivity contribution in [1.82, 2.24) is 0 Å². The summed E-state index contributed by atoms with van der Waals surface area (Å²) in [4.78, 5) is 11.8. The molecule has 0 saturated heterocycles. The van der Waals surface area contributed by atoms with Crippen molar-refractivity contribution in [3.05, 3.63) is 29.8 Å². The summed E-state index contributed by atoms with van der Waals surface area (Å²) in [7, 11) is 0. The number of benzene rings is 1. The second-order valence-corrected chi connectivity index (χ2v) is 5.09. The average molecular weight is 272 g/mol. The molecule has 0 aromatic heterocycles. The zero-order valence-corrected chi connectivity index (χ0v) is 11.6. The summed E-state index contributed by atoms with van der Waals surface area (Å²) < 4.78 is 5.72. The average Bonchev–Trinajstić information content (AvgIpc) is 2.97. The van der Waals surface area contributed by atoms with Crippen molar-refractivity contribution in [3.8, 4) is 6.07 Å². The first-order valence-electron chi connectivity index (χ1n) is 7.20. The Balaban J connectivity index is 1.68. The lowest BCUT2D eigenvalue weighted by Crippen LogP contribution is -2.14. The van der Waals surface area contributed by atoms with Crippen molar-refractivity contribution in [1.29, 1.82) is 5.26 Å². The van der Waals surface area contributed by atoms with Crippen LogP contribution in [0.15, 0.2) is 24.3 Å². The molecule has 0 spiro atoms. The van der Waals surface area contributed by atoms with Crippen molar-refractivity contribution in [2.75, 3.05) is 11.9 Å². The van der Waals surface area contributed by atoms with Crippen LogP contribution in [0.2, 0.25) is 0 Å². The number of ether oxygens (including phenoxy) is 1. The highest BCUT2D eigenvalue weighted by atomic mass is 16.5.